The number of aromatic nitrogens is 2. The van der Waals surface area contributed by atoms with Crippen LogP contribution in [-0.4, -0.2) is 15.9 Å². The first-order valence-corrected chi connectivity index (χ1v) is 9.45. The highest BCUT2D eigenvalue weighted by molar-refractivity contribution is 7.18. The van der Waals surface area contributed by atoms with Crippen molar-refractivity contribution in [2.45, 2.75) is 26.9 Å². The molecule has 1 unspecified atom stereocenters. The number of nitrogens with zero attached hydrogens (tertiary/aromatic N) is 1. The molecule has 0 bridgehead atoms. The zero-order valence-electron chi connectivity index (χ0n) is 15.2. The van der Waals surface area contributed by atoms with Crippen LogP contribution in [0, 0.1) is 13.8 Å². The predicted octanol–water partition coefficient (Wildman–Crippen LogP) is 4.67. The van der Waals surface area contributed by atoms with Gasteiger partial charge in [-0.25, -0.2) is 9.78 Å². The number of nitrogens with one attached hydrogen (secondary N) is 1. The molecule has 2 aromatic carbocycles. The minimum Gasteiger partial charge on any atom is -0.451 e. The average Bonchev–Trinajstić information content (AvgIpc) is 2.95. The van der Waals surface area contributed by atoms with Gasteiger partial charge in [-0.05, 0) is 49.2 Å². The van der Waals surface area contributed by atoms with Gasteiger partial charge in [-0.2, -0.15) is 0 Å². The second-order valence-electron chi connectivity index (χ2n) is 6.52. The molecule has 0 amide bonds. The Bertz CT molecular complexity index is 1240. The number of hydrogen-bond donors (Lipinski definition) is 1. The van der Waals surface area contributed by atoms with Crippen molar-refractivity contribution in [2.75, 3.05) is 0 Å². The molecule has 0 fully saturated rings. The number of carbonyl (C=O) groups excluding carboxylic acids is 1. The smallest absolute Gasteiger partial charge is 0.338 e. The molecule has 2 heterocycles. The van der Waals surface area contributed by atoms with Gasteiger partial charge in [0.25, 0.3) is 5.56 Å². The maximum atomic E-state index is 12.5. The fourth-order valence-electron chi connectivity index (χ4n) is 3.06. The van der Waals surface area contributed by atoms with Gasteiger partial charge in [0.15, 0.2) is 11.9 Å². The molecule has 0 saturated carbocycles. The molecule has 5 nitrogen and oxygen atoms in total. The first-order valence-electron chi connectivity index (χ1n) is 8.63. The Kier molecular flexibility index (Phi) is 4.28. The maximum absolute atomic E-state index is 12.5. The Morgan fingerprint density at radius 2 is 1.89 bits per heavy atom. The van der Waals surface area contributed by atoms with Crippen LogP contribution in [0.3, 0.4) is 0 Å². The van der Waals surface area contributed by atoms with Crippen molar-refractivity contribution < 1.29 is 9.53 Å². The molecule has 4 aromatic rings. The molecular weight excluding hydrogens is 360 g/mol. The number of benzene rings is 2. The van der Waals surface area contributed by atoms with E-state index in [1.54, 1.807) is 19.1 Å². The molecular formula is C21H18N2O3S. The summed E-state index contributed by atoms with van der Waals surface area (Å²) in [5.41, 5.74) is 1.20. The molecule has 136 valence electrons. The van der Waals surface area contributed by atoms with Gasteiger partial charge in [0.05, 0.1) is 10.9 Å². The molecule has 27 heavy (non-hydrogen) atoms. The quantitative estimate of drug-likeness (QED) is 0.526. The Labute approximate surface area is 159 Å². The highest BCUT2D eigenvalue weighted by atomic mass is 32.1. The number of fused-ring (bicyclic) bond motifs is 2. The van der Waals surface area contributed by atoms with E-state index in [9.17, 15) is 9.59 Å². The van der Waals surface area contributed by atoms with Crippen LogP contribution >= 0.6 is 11.3 Å². The number of aryl methyl sites for hydroxylation is 2. The van der Waals surface area contributed by atoms with E-state index in [4.69, 9.17) is 4.74 Å². The summed E-state index contributed by atoms with van der Waals surface area (Å²) in [4.78, 5) is 33.9. The zero-order valence-corrected chi connectivity index (χ0v) is 16.0. The second kappa shape index (κ2) is 6.63. The van der Waals surface area contributed by atoms with E-state index in [0.717, 1.165) is 21.2 Å². The highest BCUT2D eigenvalue weighted by Gasteiger charge is 2.19. The number of H-pyrrole nitrogens is 1. The molecule has 4 rings (SSSR count). The molecule has 0 radical (unpaired) electrons. The van der Waals surface area contributed by atoms with E-state index in [1.807, 2.05) is 44.2 Å². The van der Waals surface area contributed by atoms with E-state index < -0.39 is 12.1 Å². The third-order valence-corrected chi connectivity index (χ3v) is 5.81. The van der Waals surface area contributed by atoms with Gasteiger partial charge in [-0.1, -0.05) is 30.3 Å². The van der Waals surface area contributed by atoms with Gasteiger partial charge in [0, 0.05) is 4.88 Å². The summed E-state index contributed by atoms with van der Waals surface area (Å²) in [6.07, 6.45) is -0.663. The summed E-state index contributed by atoms with van der Waals surface area (Å²) < 4.78 is 5.55. The van der Waals surface area contributed by atoms with Crippen molar-refractivity contribution in [3.8, 4) is 0 Å². The first kappa shape index (κ1) is 17.4. The summed E-state index contributed by atoms with van der Waals surface area (Å²) in [5.74, 6) is -0.0996. The van der Waals surface area contributed by atoms with Gasteiger partial charge in [0.1, 0.15) is 4.83 Å². The van der Waals surface area contributed by atoms with E-state index in [1.165, 1.54) is 11.3 Å². The lowest BCUT2D eigenvalue weighted by Crippen LogP contribution is -2.17. The third kappa shape index (κ3) is 3.13. The van der Waals surface area contributed by atoms with Crippen molar-refractivity contribution in [1.29, 1.82) is 0 Å². The Balaban J connectivity index is 1.62. The molecule has 2 aromatic heterocycles. The number of carbonyl (C=O) groups is 1. The Morgan fingerprint density at radius 1 is 1.15 bits per heavy atom. The summed E-state index contributed by atoms with van der Waals surface area (Å²) in [5, 5.41) is 2.63. The number of rotatable bonds is 3. The minimum absolute atomic E-state index is 0.203. The van der Waals surface area contributed by atoms with Crippen LogP contribution in [0.2, 0.25) is 0 Å². The summed E-state index contributed by atoms with van der Waals surface area (Å²) >= 11 is 1.47. The van der Waals surface area contributed by atoms with Crippen molar-refractivity contribution in [1.82, 2.24) is 9.97 Å². The third-order valence-electron chi connectivity index (χ3n) is 4.71. The molecule has 0 aliphatic heterocycles. The SMILES string of the molecule is Cc1sc2nc(C(C)OC(=O)c3ccc4ccccc4c3)[nH]c(=O)c2c1C. The van der Waals surface area contributed by atoms with Gasteiger partial charge in [0.2, 0.25) is 0 Å². The fourth-order valence-corrected chi connectivity index (χ4v) is 4.10. The minimum atomic E-state index is -0.663. The number of hydrogen-bond acceptors (Lipinski definition) is 5. The monoisotopic (exact) mass is 378 g/mol. The van der Waals surface area contributed by atoms with Crippen LogP contribution in [0.25, 0.3) is 21.0 Å². The van der Waals surface area contributed by atoms with Crippen LogP contribution in [0.4, 0.5) is 0 Å². The molecule has 0 spiro atoms. The van der Waals surface area contributed by atoms with Crippen molar-refractivity contribution >= 4 is 38.3 Å². The molecule has 1 atom stereocenters. The molecule has 0 aliphatic carbocycles. The first-order chi connectivity index (χ1) is 12.9. The normalized spacial score (nSPS) is 12.4. The zero-order chi connectivity index (χ0) is 19.1. The van der Waals surface area contributed by atoms with E-state index >= 15 is 0 Å². The Hall–Kier alpha value is -2.99. The summed E-state index contributed by atoms with van der Waals surface area (Å²) in [6, 6.07) is 13.2. The molecule has 6 heteroatoms. The van der Waals surface area contributed by atoms with Gasteiger partial charge in [-0.3, -0.25) is 4.79 Å². The second-order valence-corrected chi connectivity index (χ2v) is 7.73. The molecule has 1 N–H and O–H groups in total. The highest BCUT2D eigenvalue weighted by Crippen LogP contribution is 2.27. The van der Waals surface area contributed by atoms with Crippen LogP contribution in [0.1, 0.15) is 39.7 Å². The number of thiophene rings is 1. The van der Waals surface area contributed by atoms with Crippen molar-refractivity contribution in [3.63, 3.8) is 0 Å². The average molecular weight is 378 g/mol. The van der Waals surface area contributed by atoms with Gasteiger partial charge in [-0.15, -0.1) is 11.3 Å². The van der Waals surface area contributed by atoms with Crippen LogP contribution in [0.15, 0.2) is 47.3 Å². The fraction of sp³-hybridized carbons (Fsp3) is 0.190. The van der Waals surface area contributed by atoms with E-state index in [2.05, 4.69) is 9.97 Å². The predicted molar refractivity (Wildman–Crippen MR) is 107 cm³/mol. The Morgan fingerprint density at radius 3 is 2.67 bits per heavy atom. The topological polar surface area (TPSA) is 72.0 Å². The summed E-state index contributed by atoms with van der Waals surface area (Å²) in [6.45, 7) is 5.58. The lowest BCUT2D eigenvalue weighted by molar-refractivity contribution is 0.0320. The standard InChI is InChI=1S/C21H18N2O3S/c1-11-13(3)27-20-17(11)19(24)22-18(23-20)12(2)26-21(25)16-9-8-14-6-4-5-7-15(14)10-16/h4-10,12H,1-3H3,(H,22,23,24). The van der Waals surface area contributed by atoms with Crippen molar-refractivity contribution in [3.05, 3.63) is 74.6 Å². The number of aromatic amines is 1. The summed E-state index contributed by atoms with van der Waals surface area (Å²) in [7, 11) is 0. The van der Waals surface area contributed by atoms with E-state index in [0.29, 0.717) is 21.6 Å². The van der Waals surface area contributed by atoms with Gasteiger partial charge >= 0.3 is 5.97 Å². The molecule has 0 aliphatic rings. The number of esters is 1. The molecule has 0 saturated heterocycles. The van der Waals surface area contributed by atoms with E-state index in [-0.39, 0.29) is 5.56 Å². The van der Waals surface area contributed by atoms with Crippen LogP contribution in [-0.2, 0) is 4.74 Å². The maximum Gasteiger partial charge on any atom is 0.338 e. The van der Waals surface area contributed by atoms with Crippen LogP contribution in [0.5, 0.6) is 0 Å². The van der Waals surface area contributed by atoms with Crippen LogP contribution < -0.4 is 5.56 Å². The van der Waals surface area contributed by atoms with Gasteiger partial charge < -0.3 is 9.72 Å². The lowest BCUT2D eigenvalue weighted by atomic mass is 10.1. The van der Waals surface area contributed by atoms with Crippen molar-refractivity contribution in [2.24, 2.45) is 0 Å². The lowest BCUT2D eigenvalue weighted by Gasteiger charge is -2.13. The largest absolute Gasteiger partial charge is 0.451 e. The number of ether oxygens (including phenoxy) is 1.